The Balaban J connectivity index is 2.13. The van der Waals surface area contributed by atoms with Crippen LogP contribution in [0.2, 0.25) is 0 Å². The van der Waals surface area contributed by atoms with Gasteiger partial charge in [-0.1, -0.05) is 37.3 Å². The molecule has 1 aromatic rings. The fourth-order valence-corrected chi connectivity index (χ4v) is 5.17. The molecule has 1 fully saturated rings. The van der Waals surface area contributed by atoms with Crippen molar-refractivity contribution in [2.75, 3.05) is 7.05 Å². The third-order valence-electron chi connectivity index (χ3n) is 4.03. The molecule has 0 saturated heterocycles. The zero-order valence-corrected chi connectivity index (χ0v) is 11.8. The van der Waals surface area contributed by atoms with Gasteiger partial charge in [-0.15, -0.1) is 0 Å². The van der Waals surface area contributed by atoms with Gasteiger partial charge in [0.05, 0.1) is 11.0 Å². The minimum absolute atomic E-state index is 0.166. The second kappa shape index (κ2) is 5.41. The zero-order valence-electron chi connectivity index (χ0n) is 11.0. The molecule has 100 valence electrons. The van der Waals surface area contributed by atoms with Gasteiger partial charge in [0.1, 0.15) is 0 Å². The van der Waals surface area contributed by atoms with Crippen LogP contribution < -0.4 is 5.32 Å². The standard InChI is InChI=1S/C14H21NO2S/c1-11-13(15-2)8-9-14(11)18(16,17)10-12-6-4-3-5-7-12/h3-7,11,13-15H,8-10H2,1-2H3. The number of hydrogen-bond donors (Lipinski definition) is 1. The monoisotopic (exact) mass is 267 g/mol. The molecular formula is C14H21NO2S. The molecule has 0 spiro atoms. The van der Waals surface area contributed by atoms with Crippen molar-refractivity contribution in [3.63, 3.8) is 0 Å². The van der Waals surface area contributed by atoms with Gasteiger partial charge in [-0.3, -0.25) is 0 Å². The van der Waals surface area contributed by atoms with Crippen molar-refractivity contribution >= 4 is 9.84 Å². The molecule has 18 heavy (non-hydrogen) atoms. The quantitative estimate of drug-likeness (QED) is 0.907. The lowest BCUT2D eigenvalue weighted by atomic mass is 10.1. The molecule has 0 aliphatic heterocycles. The molecule has 1 aromatic carbocycles. The highest BCUT2D eigenvalue weighted by Gasteiger charge is 2.39. The molecule has 1 aliphatic rings. The van der Waals surface area contributed by atoms with E-state index in [-0.39, 0.29) is 16.9 Å². The summed E-state index contributed by atoms with van der Waals surface area (Å²) in [6.07, 6.45) is 1.73. The van der Waals surface area contributed by atoms with Gasteiger partial charge in [-0.2, -0.15) is 0 Å². The van der Waals surface area contributed by atoms with E-state index in [4.69, 9.17) is 0 Å². The molecule has 3 atom stereocenters. The van der Waals surface area contributed by atoms with Gasteiger partial charge in [-0.05, 0) is 31.4 Å². The van der Waals surface area contributed by atoms with Crippen LogP contribution >= 0.6 is 0 Å². The van der Waals surface area contributed by atoms with Gasteiger partial charge in [0.2, 0.25) is 0 Å². The van der Waals surface area contributed by atoms with Crippen LogP contribution in [0.1, 0.15) is 25.3 Å². The summed E-state index contributed by atoms with van der Waals surface area (Å²) < 4.78 is 24.9. The molecular weight excluding hydrogens is 246 g/mol. The summed E-state index contributed by atoms with van der Waals surface area (Å²) in [5, 5.41) is 3.02. The van der Waals surface area contributed by atoms with Gasteiger partial charge < -0.3 is 5.32 Å². The molecule has 3 nitrogen and oxygen atoms in total. The van der Waals surface area contributed by atoms with Gasteiger partial charge >= 0.3 is 0 Å². The summed E-state index contributed by atoms with van der Waals surface area (Å²) in [4.78, 5) is 0. The number of nitrogens with one attached hydrogen (secondary N) is 1. The van der Waals surface area contributed by atoms with E-state index in [9.17, 15) is 8.42 Å². The van der Waals surface area contributed by atoms with Crippen molar-refractivity contribution < 1.29 is 8.42 Å². The number of hydrogen-bond acceptors (Lipinski definition) is 3. The highest BCUT2D eigenvalue weighted by atomic mass is 32.2. The smallest absolute Gasteiger partial charge is 0.157 e. The Labute approximate surface area is 110 Å². The Hall–Kier alpha value is -0.870. The van der Waals surface area contributed by atoms with E-state index in [1.807, 2.05) is 44.3 Å². The molecule has 0 amide bonds. The Morgan fingerprint density at radius 3 is 2.44 bits per heavy atom. The summed E-state index contributed by atoms with van der Waals surface area (Å²) in [6.45, 7) is 2.04. The first-order chi connectivity index (χ1) is 8.54. The zero-order chi connectivity index (χ0) is 13.2. The van der Waals surface area contributed by atoms with Crippen molar-refractivity contribution in [3.8, 4) is 0 Å². The van der Waals surface area contributed by atoms with Gasteiger partial charge in [0.15, 0.2) is 9.84 Å². The van der Waals surface area contributed by atoms with E-state index in [0.717, 1.165) is 18.4 Å². The van der Waals surface area contributed by atoms with E-state index >= 15 is 0 Å². The Morgan fingerprint density at radius 1 is 1.22 bits per heavy atom. The second-order valence-corrected chi connectivity index (χ2v) is 7.38. The maximum atomic E-state index is 12.4. The highest BCUT2D eigenvalue weighted by molar-refractivity contribution is 7.91. The van der Waals surface area contributed by atoms with Crippen LogP contribution in [0.5, 0.6) is 0 Å². The molecule has 0 bridgehead atoms. The molecule has 0 radical (unpaired) electrons. The largest absolute Gasteiger partial charge is 0.317 e. The lowest BCUT2D eigenvalue weighted by molar-refractivity contribution is 0.453. The van der Waals surface area contributed by atoms with Crippen molar-refractivity contribution in [3.05, 3.63) is 35.9 Å². The molecule has 3 unspecified atom stereocenters. The Kier molecular flexibility index (Phi) is 4.07. The molecule has 2 rings (SSSR count). The molecule has 1 saturated carbocycles. The minimum atomic E-state index is -3.05. The van der Waals surface area contributed by atoms with Crippen LogP contribution in [0.15, 0.2) is 30.3 Å². The lowest BCUT2D eigenvalue weighted by Gasteiger charge is -2.20. The normalized spacial score (nSPS) is 28.4. The molecule has 1 N–H and O–H groups in total. The van der Waals surface area contributed by atoms with Crippen LogP contribution in [0, 0.1) is 5.92 Å². The SMILES string of the molecule is CNC1CCC(S(=O)(=O)Cc2ccccc2)C1C. The van der Waals surface area contributed by atoms with Crippen LogP contribution in [-0.4, -0.2) is 26.8 Å². The first-order valence-corrected chi connectivity index (χ1v) is 8.19. The van der Waals surface area contributed by atoms with Crippen LogP contribution in [0.4, 0.5) is 0 Å². The van der Waals surface area contributed by atoms with Crippen molar-refractivity contribution in [2.24, 2.45) is 5.92 Å². The summed E-state index contributed by atoms with van der Waals surface area (Å²) in [5.41, 5.74) is 0.887. The predicted molar refractivity (Wildman–Crippen MR) is 74.1 cm³/mol. The second-order valence-electron chi connectivity index (χ2n) is 5.16. The average Bonchev–Trinajstić information content (AvgIpc) is 2.72. The highest BCUT2D eigenvalue weighted by Crippen LogP contribution is 2.32. The van der Waals surface area contributed by atoms with Gasteiger partial charge in [0, 0.05) is 6.04 Å². The number of sulfone groups is 1. The van der Waals surface area contributed by atoms with Gasteiger partial charge in [-0.25, -0.2) is 8.42 Å². The minimum Gasteiger partial charge on any atom is -0.317 e. The first kappa shape index (κ1) is 13.6. The third-order valence-corrected chi connectivity index (χ3v) is 6.35. The van der Waals surface area contributed by atoms with E-state index in [0.29, 0.717) is 6.04 Å². The van der Waals surface area contributed by atoms with Crippen LogP contribution in [-0.2, 0) is 15.6 Å². The summed E-state index contributed by atoms with van der Waals surface area (Å²) in [7, 11) is -1.14. The predicted octanol–water partition coefficient (Wildman–Crippen LogP) is 1.99. The number of benzene rings is 1. The fourth-order valence-electron chi connectivity index (χ4n) is 2.96. The van der Waals surface area contributed by atoms with Crippen molar-refractivity contribution in [2.45, 2.75) is 36.8 Å². The van der Waals surface area contributed by atoms with Crippen LogP contribution in [0.25, 0.3) is 0 Å². The third kappa shape index (κ3) is 2.75. The Bertz CT molecular complexity index is 484. The summed E-state index contributed by atoms with van der Waals surface area (Å²) in [6, 6.07) is 9.78. The van der Waals surface area contributed by atoms with Crippen LogP contribution in [0.3, 0.4) is 0 Å². The summed E-state index contributed by atoms with van der Waals surface area (Å²) >= 11 is 0. The maximum absolute atomic E-state index is 12.4. The molecule has 0 heterocycles. The molecule has 1 aliphatic carbocycles. The maximum Gasteiger partial charge on any atom is 0.157 e. The fraction of sp³-hybridized carbons (Fsp3) is 0.571. The lowest BCUT2D eigenvalue weighted by Crippen LogP contribution is -2.34. The van der Waals surface area contributed by atoms with Gasteiger partial charge in [0.25, 0.3) is 0 Å². The van der Waals surface area contributed by atoms with Crippen molar-refractivity contribution in [1.29, 1.82) is 0 Å². The van der Waals surface area contributed by atoms with Crippen molar-refractivity contribution in [1.82, 2.24) is 5.32 Å². The first-order valence-electron chi connectivity index (χ1n) is 6.47. The topological polar surface area (TPSA) is 46.2 Å². The average molecular weight is 267 g/mol. The summed E-state index contributed by atoms with van der Waals surface area (Å²) in [5.74, 6) is 0.364. The molecule has 4 heteroatoms. The van der Waals surface area contributed by atoms with E-state index in [1.54, 1.807) is 0 Å². The van der Waals surface area contributed by atoms with E-state index < -0.39 is 9.84 Å². The molecule has 0 aromatic heterocycles. The number of rotatable bonds is 4. The Morgan fingerprint density at radius 2 is 1.89 bits per heavy atom. The van der Waals surface area contributed by atoms with E-state index in [1.165, 1.54) is 0 Å². The van der Waals surface area contributed by atoms with E-state index in [2.05, 4.69) is 5.32 Å².